The van der Waals surface area contributed by atoms with E-state index in [0.717, 1.165) is 28.5 Å². The molecular formula is C15H13ClN4. The molecule has 0 aliphatic rings. The van der Waals surface area contributed by atoms with E-state index < -0.39 is 0 Å². The summed E-state index contributed by atoms with van der Waals surface area (Å²) in [5, 5.41) is 5.06. The maximum atomic E-state index is 6.20. The molecule has 0 saturated heterocycles. The first-order valence-electron chi connectivity index (χ1n) is 6.26. The Bertz CT molecular complexity index is 744. The van der Waals surface area contributed by atoms with Crippen LogP contribution < -0.4 is 0 Å². The summed E-state index contributed by atoms with van der Waals surface area (Å²) < 4.78 is 1.74. The van der Waals surface area contributed by atoms with Crippen LogP contribution in [0, 0.1) is 13.8 Å². The van der Waals surface area contributed by atoms with Gasteiger partial charge in [-0.25, -0.2) is 14.6 Å². The summed E-state index contributed by atoms with van der Waals surface area (Å²) in [5.41, 5.74) is 2.84. The summed E-state index contributed by atoms with van der Waals surface area (Å²) in [5.74, 6) is 1.49. The minimum Gasteiger partial charge on any atom is -0.238 e. The van der Waals surface area contributed by atoms with Crippen LogP contribution in [0.5, 0.6) is 0 Å². The standard InChI is InChI=1S/C15H13ClN4/c1-10-7-15(19-11(2)18-10)20-9-12(8-17-20)13-5-3-4-6-14(13)16/h3-9H,1-2H3. The molecule has 0 aliphatic carbocycles. The molecule has 0 amide bonds. The lowest BCUT2D eigenvalue weighted by molar-refractivity contribution is 0.822. The van der Waals surface area contributed by atoms with Crippen LogP contribution in [0.3, 0.4) is 0 Å². The fourth-order valence-electron chi connectivity index (χ4n) is 2.10. The molecule has 0 atom stereocenters. The van der Waals surface area contributed by atoms with Crippen molar-refractivity contribution in [2.24, 2.45) is 0 Å². The lowest BCUT2D eigenvalue weighted by Gasteiger charge is -2.03. The van der Waals surface area contributed by atoms with Crippen molar-refractivity contribution < 1.29 is 0 Å². The van der Waals surface area contributed by atoms with Crippen molar-refractivity contribution in [1.29, 1.82) is 0 Å². The second kappa shape index (κ2) is 5.06. The van der Waals surface area contributed by atoms with E-state index in [1.807, 2.05) is 50.4 Å². The van der Waals surface area contributed by atoms with Gasteiger partial charge in [0.2, 0.25) is 0 Å². The van der Waals surface area contributed by atoms with Gasteiger partial charge in [0.05, 0.1) is 6.20 Å². The summed E-state index contributed by atoms with van der Waals surface area (Å²) in [6.07, 6.45) is 3.70. The van der Waals surface area contributed by atoms with Gasteiger partial charge in [-0.1, -0.05) is 29.8 Å². The van der Waals surface area contributed by atoms with E-state index in [4.69, 9.17) is 11.6 Å². The van der Waals surface area contributed by atoms with E-state index >= 15 is 0 Å². The molecule has 100 valence electrons. The van der Waals surface area contributed by atoms with Crippen molar-refractivity contribution in [2.75, 3.05) is 0 Å². The van der Waals surface area contributed by atoms with Gasteiger partial charge < -0.3 is 0 Å². The van der Waals surface area contributed by atoms with Crippen LogP contribution in [0.1, 0.15) is 11.5 Å². The number of hydrogen-bond donors (Lipinski definition) is 0. The van der Waals surface area contributed by atoms with Crippen LogP contribution >= 0.6 is 11.6 Å². The first kappa shape index (κ1) is 12.8. The molecule has 20 heavy (non-hydrogen) atoms. The Labute approximate surface area is 122 Å². The Morgan fingerprint density at radius 2 is 1.90 bits per heavy atom. The fraction of sp³-hybridized carbons (Fsp3) is 0.133. The summed E-state index contributed by atoms with van der Waals surface area (Å²) in [4.78, 5) is 8.66. The molecule has 0 fully saturated rings. The normalized spacial score (nSPS) is 10.8. The first-order valence-corrected chi connectivity index (χ1v) is 6.63. The molecule has 5 heteroatoms. The summed E-state index contributed by atoms with van der Waals surface area (Å²) in [7, 11) is 0. The maximum absolute atomic E-state index is 6.20. The van der Waals surface area contributed by atoms with Gasteiger partial charge in [-0.15, -0.1) is 0 Å². The highest BCUT2D eigenvalue weighted by Gasteiger charge is 2.08. The molecule has 0 spiro atoms. The molecule has 0 radical (unpaired) electrons. The van der Waals surface area contributed by atoms with E-state index in [1.54, 1.807) is 10.9 Å². The molecule has 4 nitrogen and oxygen atoms in total. The zero-order valence-corrected chi connectivity index (χ0v) is 12.0. The Morgan fingerprint density at radius 1 is 1.10 bits per heavy atom. The first-order chi connectivity index (χ1) is 9.63. The molecule has 3 rings (SSSR count). The fourth-order valence-corrected chi connectivity index (χ4v) is 2.34. The van der Waals surface area contributed by atoms with Gasteiger partial charge in [-0.2, -0.15) is 5.10 Å². The second-order valence-electron chi connectivity index (χ2n) is 4.57. The highest BCUT2D eigenvalue weighted by molar-refractivity contribution is 6.33. The smallest absolute Gasteiger partial charge is 0.157 e. The van der Waals surface area contributed by atoms with Gasteiger partial charge in [-0.05, 0) is 19.9 Å². The minimum absolute atomic E-state index is 0.710. The number of halogens is 1. The highest BCUT2D eigenvalue weighted by atomic mass is 35.5. The van der Waals surface area contributed by atoms with Gasteiger partial charge in [0, 0.05) is 34.1 Å². The predicted molar refractivity (Wildman–Crippen MR) is 79.1 cm³/mol. The van der Waals surface area contributed by atoms with Gasteiger partial charge in [-0.3, -0.25) is 0 Å². The third kappa shape index (κ3) is 2.42. The van der Waals surface area contributed by atoms with Crippen LogP contribution in [0.25, 0.3) is 16.9 Å². The van der Waals surface area contributed by atoms with Gasteiger partial charge in [0.15, 0.2) is 5.82 Å². The van der Waals surface area contributed by atoms with Gasteiger partial charge >= 0.3 is 0 Å². The van der Waals surface area contributed by atoms with Gasteiger partial charge in [0.1, 0.15) is 5.82 Å². The summed E-state index contributed by atoms with van der Waals surface area (Å²) in [6.45, 7) is 3.81. The van der Waals surface area contributed by atoms with Crippen LogP contribution in [0.15, 0.2) is 42.7 Å². The molecule has 0 saturated carbocycles. The third-order valence-electron chi connectivity index (χ3n) is 2.95. The van der Waals surface area contributed by atoms with Crippen LogP contribution in [0.4, 0.5) is 0 Å². The van der Waals surface area contributed by atoms with Crippen molar-refractivity contribution in [2.45, 2.75) is 13.8 Å². The number of rotatable bonds is 2. The van der Waals surface area contributed by atoms with E-state index in [-0.39, 0.29) is 0 Å². The molecule has 2 aromatic heterocycles. The molecular weight excluding hydrogens is 272 g/mol. The summed E-state index contributed by atoms with van der Waals surface area (Å²) >= 11 is 6.20. The zero-order valence-electron chi connectivity index (χ0n) is 11.2. The Kier molecular flexibility index (Phi) is 3.24. The molecule has 1 aromatic carbocycles. The second-order valence-corrected chi connectivity index (χ2v) is 4.98. The molecule has 0 N–H and O–H groups in total. The largest absolute Gasteiger partial charge is 0.238 e. The topological polar surface area (TPSA) is 43.6 Å². The SMILES string of the molecule is Cc1cc(-n2cc(-c3ccccc3Cl)cn2)nc(C)n1. The highest BCUT2D eigenvalue weighted by Crippen LogP contribution is 2.27. The number of benzene rings is 1. The third-order valence-corrected chi connectivity index (χ3v) is 3.28. The Hall–Kier alpha value is -2.20. The summed E-state index contributed by atoms with van der Waals surface area (Å²) in [6, 6.07) is 9.61. The van der Waals surface area contributed by atoms with E-state index in [0.29, 0.717) is 5.02 Å². The average Bonchev–Trinajstić information content (AvgIpc) is 2.87. The number of aromatic nitrogens is 4. The minimum atomic E-state index is 0.710. The predicted octanol–water partition coefficient (Wildman–Crippen LogP) is 3.60. The molecule has 3 aromatic rings. The van der Waals surface area contributed by atoms with Crippen molar-refractivity contribution in [1.82, 2.24) is 19.7 Å². The zero-order chi connectivity index (χ0) is 14.1. The van der Waals surface area contributed by atoms with Crippen molar-refractivity contribution in [3.63, 3.8) is 0 Å². The van der Waals surface area contributed by atoms with E-state index in [2.05, 4.69) is 15.1 Å². The average molecular weight is 285 g/mol. The van der Waals surface area contributed by atoms with Gasteiger partial charge in [0.25, 0.3) is 0 Å². The van der Waals surface area contributed by atoms with Crippen molar-refractivity contribution in [3.8, 4) is 16.9 Å². The number of hydrogen-bond acceptors (Lipinski definition) is 3. The molecule has 0 aliphatic heterocycles. The van der Waals surface area contributed by atoms with E-state index in [9.17, 15) is 0 Å². The van der Waals surface area contributed by atoms with Crippen molar-refractivity contribution in [3.05, 3.63) is 59.3 Å². The van der Waals surface area contributed by atoms with Crippen LogP contribution in [-0.2, 0) is 0 Å². The molecule has 2 heterocycles. The lowest BCUT2D eigenvalue weighted by atomic mass is 10.1. The Balaban J connectivity index is 2.04. The molecule has 0 bridgehead atoms. The lowest BCUT2D eigenvalue weighted by Crippen LogP contribution is -2.02. The number of nitrogens with zero attached hydrogens (tertiary/aromatic N) is 4. The van der Waals surface area contributed by atoms with Crippen LogP contribution in [0.2, 0.25) is 5.02 Å². The Morgan fingerprint density at radius 3 is 2.65 bits per heavy atom. The van der Waals surface area contributed by atoms with Crippen molar-refractivity contribution >= 4 is 11.6 Å². The monoisotopic (exact) mass is 284 g/mol. The molecule has 0 unspecified atom stereocenters. The maximum Gasteiger partial charge on any atom is 0.157 e. The number of aryl methyl sites for hydroxylation is 2. The van der Waals surface area contributed by atoms with Crippen LogP contribution in [-0.4, -0.2) is 19.7 Å². The van der Waals surface area contributed by atoms with E-state index in [1.165, 1.54) is 0 Å². The quantitative estimate of drug-likeness (QED) is 0.722.